The highest BCUT2D eigenvalue weighted by molar-refractivity contribution is 5.95. The van der Waals surface area contributed by atoms with Gasteiger partial charge in [0.2, 0.25) is 0 Å². The van der Waals surface area contributed by atoms with Crippen molar-refractivity contribution in [1.29, 1.82) is 0 Å². The van der Waals surface area contributed by atoms with Crippen molar-refractivity contribution in [2.45, 2.75) is 18.8 Å². The van der Waals surface area contributed by atoms with Crippen LogP contribution in [0, 0.1) is 0 Å². The second kappa shape index (κ2) is 7.49. The van der Waals surface area contributed by atoms with E-state index in [4.69, 9.17) is 4.42 Å². The zero-order chi connectivity index (χ0) is 18.6. The molecular formula is C20H20N4O3. The predicted molar refractivity (Wildman–Crippen MR) is 100.0 cm³/mol. The average molecular weight is 364 g/mol. The van der Waals surface area contributed by atoms with E-state index >= 15 is 0 Å². The van der Waals surface area contributed by atoms with E-state index in [1.807, 2.05) is 30.3 Å². The van der Waals surface area contributed by atoms with Gasteiger partial charge in [0.05, 0.1) is 5.92 Å². The van der Waals surface area contributed by atoms with Crippen LogP contribution in [0.25, 0.3) is 11.1 Å². The lowest BCUT2D eigenvalue weighted by Gasteiger charge is -2.31. The third-order valence-electron chi connectivity index (χ3n) is 4.69. The molecule has 1 unspecified atom stereocenters. The van der Waals surface area contributed by atoms with Crippen LogP contribution in [-0.2, 0) is 0 Å². The number of piperidine rings is 1. The molecule has 3 aromatic rings. The van der Waals surface area contributed by atoms with Gasteiger partial charge in [0.15, 0.2) is 11.5 Å². The molecule has 1 aromatic heterocycles. The number of hydrazine groups is 1. The van der Waals surface area contributed by atoms with E-state index in [0.717, 1.165) is 23.9 Å². The van der Waals surface area contributed by atoms with Crippen LogP contribution >= 0.6 is 0 Å². The number of urea groups is 1. The van der Waals surface area contributed by atoms with Crippen molar-refractivity contribution in [2.75, 3.05) is 13.1 Å². The van der Waals surface area contributed by atoms with Crippen molar-refractivity contribution in [1.82, 2.24) is 20.7 Å². The van der Waals surface area contributed by atoms with E-state index in [1.165, 1.54) is 0 Å². The number of carbonyl (C=O) groups is 2. The van der Waals surface area contributed by atoms with Gasteiger partial charge in [-0.3, -0.25) is 10.2 Å². The highest BCUT2D eigenvalue weighted by atomic mass is 16.3. The van der Waals surface area contributed by atoms with Gasteiger partial charge in [-0.25, -0.2) is 15.2 Å². The fourth-order valence-electron chi connectivity index (χ4n) is 3.28. The number of para-hydroxylation sites is 2. The van der Waals surface area contributed by atoms with Crippen LogP contribution < -0.4 is 10.9 Å². The first-order chi connectivity index (χ1) is 13.2. The van der Waals surface area contributed by atoms with E-state index in [1.54, 1.807) is 29.2 Å². The molecule has 0 saturated carbocycles. The summed E-state index contributed by atoms with van der Waals surface area (Å²) in [4.78, 5) is 30.7. The standard InChI is InChI=1S/C20H20N4O3/c25-18(14-7-2-1-3-8-14)22-23-20(26)24-12-6-9-15(13-24)19-21-16-10-4-5-11-17(16)27-19/h1-5,7-8,10-11,15H,6,9,12-13H2,(H,22,25)(H,23,26). The maximum absolute atomic E-state index is 12.4. The van der Waals surface area contributed by atoms with Crippen molar-refractivity contribution >= 4 is 23.0 Å². The molecule has 7 heteroatoms. The molecule has 1 aliphatic rings. The van der Waals surface area contributed by atoms with Crippen molar-refractivity contribution in [3.05, 3.63) is 66.1 Å². The molecule has 2 N–H and O–H groups in total. The maximum atomic E-state index is 12.4. The van der Waals surface area contributed by atoms with Gasteiger partial charge in [-0.05, 0) is 37.1 Å². The summed E-state index contributed by atoms with van der Waals surface area (Å²) < 4.78 is 5.85. The molecule has 2 aromatic carbocycles. The summed E-state index contributed by atoms with van der Waals surface area (Å²) in [6.07, 6.45) is 1.76. The monoisotopic (exact) mass is 364 g/mol. The summed E-state index contributed by atoms with van der Waals surface area (Å²) in [5.41, 5.74) is 7.00. The topological polar surface area (TPSA) is 87.5 Å². The van der Waals surface area contributed by atoms with Gasteiger partial charge in [0.1, 0.15) is 5.52 Å². The Balaban J connectivity index is 1.37. The van der Waals surface area contributed by atoms with Gasteiger partial charge < -0.3 is 9.32 Å². The van der Waals surface area contributed by atoms with Crippen LogP contribution in [0.1, 0.15) is 35.0 Å². The third-order valence-corrected chi connectivity index (χ3v) is 4.69. The number of amides is 3. The number of likely N-dealkylation sites (tertiary alicyclic amines) is 1. The van der Waals surface area contributed by atoms with Crippen LogP contribution in [-0.4, -0.2) is 34.9 Å². The molecule has 0 bridgehead atoms. The third kappa shape index (κ3) is 3.76. The Morgan fingerprint density at radius 1 is 1.04 bits per heavy atom. The number of benzene rings is 2. The molecule has 0 radical (unpaired) electrons. The Morgan fingerprint density at radius 2 is 1.81 bits per heavy atom. The second-order valence-electron chi connectivity index (χ2n) is 6.56. The largest absolute Gasteiger partial charge is 0.440 e. The number of hydrogen-bond donors (Lipinski definition) is 2. The number of fused-ring (bicyclic) bond motifs is 1. The number of nitrogens with one attached hydrogen (secondary N) is 2. The maximum Gasteiger partial charge on any atom is 0.336 e. The molecule has 0 spiro atoms. The van der Waals surface area contributed by atoms with Gasteiger partial charge in [-0.2, -0.15) is 0 Å². The minimum Gasteiger partial charge on any atom is -0.440 e. The minimum atomic E-state index is -0.350. The summed E-state index contributed by atoms with van der Waals surface area (Å²) in [5, 5.41) is 0. The fourth-order valence-corrected chi connectivity index (χ4v) is 3.28. The van der Waals surface area contributed by atoms with Crippen molar-refractivity contribution in [2.24, 2.45) is 0 Å². The quantitative estimate of drug-likeness (QED) is 0.684. The zero-order valence-corrected chi connectivity index (χ0v) is 14.7. The van der Waals surface area contributed by atoms with Crippen LogP contribution in [0.15, 0.2) is 59.0 Å². The number of nitrogens with zero attached hydrogens (tertiary/aromatic N) is 2. The zero-order valence-electron chi connectivity index (χ0n) is 14.7. The van der Waals surface area contributed by atoms with Crippen LogP contribution in [0.4, 0.5) is 4.79 Å². The summed E-state index contributed by atoms with van der Waals surface area (Å²) in [6.45, 7) is 1.13. The van der Waals surface area contributed by atoms with Crippen LogP contribution in [0.3, 0.4) is 0 Å². The van der Waals surface area contributed by atoms with Gasteiger partial charge >= 0.3 is 6.03 Å². The lowest BCUT2D eigenvalue weighted by Crippen LogP contribution is -2.51. The number of aromatic nitrogens is 1. The highest BCUT2D eigenvalue weighted by Gasteiger charge is 2.28. The first-order valence-corrected chi connectivity index (χ1v) is 8.96. The lowest BCUT2D eigenvalue weighted by molar-refractivity contribution is 0.0926. The molecular weight excluding hydrogens is 344 g/mol. The number of rotatable bonds is 2. The smallest absolute Gasteiger partial charge is 0.336 e. The minimum absolute atomic E-state index is 0.0433. The Morgan fingerprint density at radius 3 is 2.63 bits per heavy atom. The number of hydrogen-bond acceptors (Lipinski definition) is 4. The molecule has 3 amide bonds. The summed E-state index contributed by atoms with van der Waals surface area (Å²) >= 11 is 0. The van der Waals surface area contributed by atoms with E-state index in [9.17, 15) is 9.59 Å². The molecule has 138 valence electrons. The Bertz CT molecular complexity index is 921. The van der Waals surface area contributed by atoms with Gasteiger partial charge in [-0.1, -0.05) is 30.3 Å². The van der Waals surface area contributed by atoms with Crippen LogP contribution in [0.2, 0.25) is 0 Å². The fraction of sp³-hybridized carbons (Fsp3) is 0.250. The van der Waals surface area contributed by atoms with Crippen LogP contribution in [0.5, 0.6) is 0 Å². The first kappa shape index (κ1) is 17.1. The molecule has 1 atom stereocenters. The Labute approximate surface area is 156 Å². The van der Waals surface area contributed by atoms with Crippen molar-refractivity contribution < 1.29 is 14.0 Å². The summed E-state index contributed by atoms with van der Waals surface area (Å²) in [5.74, 6) is 0.347. The first-order valence-electron chi connectivity index (χ1n) is 8.96. The normalized spacial score (nSPS) is 16.9. The second-order valence-corrected chi connectivity index (χ2v) is 6.56. The predicted octanol–water partition coefficient (Wildman–Crippen LogP) is 3.06. The van der Waals surface area contributed by atoms with E-state index in [0.29, 0.717) is 24.5 Å². The van der Waals surface area contributed by atoms with Crippen molar-refractivity contribution in [3.8, 4) is 0 Å². The highest BCUT2D eigenvalue weighted by Crippen LogP contribution is 2.28. The van der Waals surface area contributed by atoms with Gasteiger partial charge in [0, 0.05) is 18.7 Å². The van der Waals surface area contributed by atoms with Gasteiger partial charge in [-0.15, -0.1) is 0 Å². The average Bonchev–Trinajstić information content (AvgIpc) is 3.17. The molecule has 2 heterocycles. The van der Waals surface area contributed by atoms with E-state index in [-0.39, 0.29) is 17.9 Å². The van der Waals surface area contributed by atoms with E-state index < -0.39 is 0 Å². The SMILES string of the molecule is O=C(NNC(=O)N1CCCC(c2nc3ccccc3o2)C1)c1ccccc1. The molecule has 1 aliphatic heterocycles. The summed E-state index contributed by atoms with van der Waals surface area (Å²) in [7, 11) is 0. The Kier molecular flexibility index (Phi) is 4.74. The summed E-state index contributed by atoms with van der Waals surface area (Å²) in [6, 6.07) is 16.0. The molecule has 27 heavy (non-hydrogen) atoms. The Hall–Kier alpha value is -3.35. The molecule has 1 saturated heterocycles. The molecule has 4 rings (SSSR count). The molecule has 7 nitrogen and oxygen atoms in total. The molecule has 0 aliphatic carbocycles. The van der Waals surface area contributed by atoms with Gasteiger partial charge in [0.25, 0.3) is 5.91 Å². The van der Waals surface area contributed by atoms with E-state index in [2.05, 4.69) is 15.8 Å². The lowest BCUT2D eigenvalue weighted by atomic mass is 9.98. The number of carbonyl (C=O) groups excluding carboxylic acids is 2. The number of oxazole rings is 1. The van der Waals surface area contributed by atoms with Crippen molar-refractivity contribution in [3.63, 3.8) is 0 Å². The molecule has 1 fully saturated rings.